The molecule has 0 spiro atoms. The van der Waals surface area contributed by atoms with Crippen LogP contribution in [0.4, 0.5) is 0 Å². The number of rotatable bonds is 0. The van der Waals surface area contributed by atoms with Crippen LogP contribution in [0, 0.1) is 0 Å². The molecule has 0 aromatic carbocycles. The average Bonchev–Trinajstić information content (AvgIpc) is 2.36. The zero-order chi connectivity index (χ0) is 7.84. The molecule has 0 aliphatic carbocycles. The Kier molecular flexibility index (Phi) is 1.62. The second-order valence-corrected chi connectivity index (χ2v) is 3.46. The van der Waals surface area contributed by atoms with Gasteiger partial charge in [0, 0.05) is 10.7 Å². The van der Waals surface area contributed by atoms with Gasteiger partial charge in [-0.2, -0.15) is 0 Å². The zero-order valence-electron chi connectivity index (χ0n) is 5.46. The van der Waals surface area contributed by atoms with Crippen LogP contribution in [-0.2, 0) is 0 Å². The summed E-state index contributed by atoms with van der Waals surface area (Å²) in [7, 11) is 0. The Morgan fingerprint density at radius 1 is 1.55 bits per heavy atom. The molecule has 2 aromatic rings. The van der Waals surface area contributed by atoms with E-state index in [0.29, 0.717) is 5.02 Å². The van der Waals surface area contributed by atoms with Gasteiger partial charge < -0.3 is 4.40 Å². The summed E-state index contributed by atoms with van der Waals surface area (Å²) in [4.78, 5) is 3.97. The first kappa shape index (κ1) is 7.13. The van der Waals surface area contributed by atoms with Gasteiger partial charge >= 0.3 is 0 Å². The summed E-state index contributed by atoms with van der Waals surface area (Å²) >= 11 is 9.18. The standard InChI is InChI=1S/C7H4BrClN2/c8-6-1-5-2-10-4-11(5)3-7(6)9/h1-4H. The molecular weight excluding hydrogens is 227 g/mol. The number of nitrogens with zero attached hydrogens (tertiary/aromatic N) is 2. The van der Waals surface area contributed by atoms with Gasteiger partial charge in [0.25, 0.3) is 0 Å². The number of fused-ring (bicyclic) bond motifs is 1. The Bertz CT molecular complexity index is 360. The highest BCUT2D eigenvalue weighted by atomic mass is 79.9. The molecule has 4 heteroatoms. The van der Waals surface area contributed by atoms with Crippen molar-refractivity contribution in [1.82, 2.24) is 9.38 Å². The van der Waals surface area contributed by atoms with Crippen molar-refractivity contribution in [1.29, 1.82) is 0 Å². The summed E-state index contributed by atoms with van der Waals surface area (Å²) in [5.74, 6) is 0. The van der Waals surface area contributed by atoms with Crippen molar-refractivity contribution in [2.24, 2.45) is 0 Å². The lowest BCUT2D eigenvalue weighted by atomic mass is 10.4. The Balaban J connectivity index is 2.86. The van der Waals surface area contributed by atoms with Gasteiger partial charge in [0.15, 0.2) is 0 Å². The third-order valence-corrected chi connectivity index (χ3v) is 2.64. The molecule has 0 unspecified atom stereocenters. The second kappa shape index (κ2) is 2.50. The smallest absolute Gasteiger partial charge is 0.0992 e. The molecule has 0 saturated heterocycles. The molecule has 11 heavy (non-hydrogen) atoms. The fourth-order valence-corrected chi connectivity index (χ4v) is 1.41. The number of halogens is 2. The third-order valence-electron chi connectivity index (χ3n) is 1.45. The minimum absolute atomic E-state index is 0.690. The Morgan fingerprint density at radius 3 is 3.18 bits per heavy atom. The molecule has 0 bridgehead atoms. The summed E-state index contributed by atoms with van der Waals surface area (Å²) in [6.07, 6.45) is 5.31. The van der Waals surface area contributed by atoms with E-state index in [1.807, 2.05) is 16.7 Å². The molecule has 0 aliphatic rings. The number of hydrogen-bond acceptors (Lipinski definition) is 1. The lowest BCUT2D eigenvalue weighted by Crippen LogP contribution is -1.81. The van der Waals surface area contributed by atoms with Crippen molar-refractivity contribution in [3.8, 4) is 0 Å². The molecule has 2 nitrogen and oxygen atoms in total. The number of pyridine rings is 1. The van der Waals surface area contributed by atoms with E-state index in [1.54, 1.807) is 12.5 Å². The van der Waals surface area contributed by atoms with E-state index >= 15 is 0 Å². The summed E-state index contributed by atoms with van der Waals surface area (Å²) in [6, 6.07) is 1.93. The highest BCUT2D eigenvalue weighted by molar-refractivity contribution is 9.10. The lowest BCUT2D eigenvalue weighted by molar-refractivity contribution is 1.15. The van der Waals surface area contributed by atoms with Crippen LogP contribution >= 0.6 is 27.5 Å². The highest BCUT2D eigenvalue weighted by Gasteiger charge is 1.98. The van der Waals surface area contributed by atoms with Gasteiger partial charge in [-0.1, -0.05) is 11.6 Å². The van der Waals surface area contributed by atoms with Crippen LogP contribution in [0.1, 0.15) is 0 Å². The van der Waals surface area contributed by atoms with Gasteiger partial charge in [-0.05, 0) is 22.0 Å². The van der Waals surface area contributed by atoms with Gasteiger partial charge in [-0.3, -0.25) is 0 Å². The van der Waals surface area contributed by atoms with Crippen LogP contribution in [0.25, 0.3) is 5.52 Å². The molecule has 0 saturated carbocycles. The SMILES string of the molecule is Clc1cn2cncc2cc1Br. The first-order chi connectivity index (χ1) is 5.27. The quantitative estimate of drug-likeness (QED) is 0.681. The van der Waals surface area contributed by atoms with Crippen molar-refractivity contribution in [3.63, 3.8) is 0 Å². The Morgan fingerprint density at radius 2 is 2.36 bits per heavy atom. The average molecular weight is 231 g/mol. The minimum Gasteiger partial charge on any atom is -0.305 e. The first-order valence-electron chi connectivity index (χ1n) is 3.04. The second-order valence-electron chi connectivity index (χ2n) is 2.20. The van der Waals surface area contributed by atoms with Crippen LogP contribution in [0.15, 0.2) is 29.3 Å². The van der Waals surface area contributed by atoms with Gasteiger partial charge in [-0.25, -0.2) is 4.98 Å². The van der Waals surface area contributed by atoms with Gasteiger partial charge in [-0.15, -0.1) is 0 Å². The maximum atomic E-state index is 5.85. The van der Waals surface area contributed by atoms with Gasteiger partial charge in [0.1, 0.15) is 0 Å². The van der Waals surface area contributed by atoms with Crippen LogP contribution in [0.2, 0.25) is 5.02 Å². The van der Waals surface area contributed by atoms with Crippen LogP contribution < -0.4 is 0 Å². The van der Waals surface area contributed by atoms with Crippen molar-refractivity contribution < 1.29 is 0 Å². The van der Waals surface area contributed by atoms with Crippen LogP contribution in [0.3, 0.4) is 0 Å². The molecule has 0 atom stereocenters. The zero-order valence-corrected chi connectivity index (χ0v) is 7.80. The first-order valence-corrected chi connectivity index (χ1v) is 4.21. The van der Waals surface area contributed by atoms with Crippen LogP contribution in [-0.4, -0.2) is 9.38 Å². The maximum absolute atomic E-state index is 5.85. The largest absolute Gasteiger partial charge is 0.305 e. The number of imidazole rings is 1. The summed E-state index contributed by atoms with van der Waals surface area (Å²) in [5, 5.41) is 0.690. The molecule has 0 aliphatic heterocycles. The van der Waals surface area contributed by atoms with Crippen LogP contribution in [0.5, 0.6) is 0 Å². The molecule has 2 heterocycles. The topological polar surface area (TPSA) is 17.3 Å². The maximum Gasteiger partial charge on any atom is 0.0992 e. The van der Waals surface area contributed by atoms with Crippen molar-refractivity contribution in [2.75, 3.05) is 0 Å². The van der Waals surface area contributed by atoms with Gasteiger partial charge in [0.05, 0.1) is 23.1 Å². The fraction of sp³-hybridized carbons (Fsp3) is 0. The predicted octanol–water partition coefficient (Wildman–Crippen LogP) is 2.75. The summed E-state index contributed by atoms with van der Waals surface area (Å²) in [6.45, 7) is 0. The molecule has 0 amide bonds. The van der Waals surface area contributed by atoms with Gasteiger partial charge in [0.2, 0.25) is 0 Å². The monoisotopic (exact) mass is 230 g/mol. The van der Waals surface area contributed by atoms with Crippen molar-refractivity contribution in [3.05, 3.63) is 34.3 Å². The highest BCUT2D eigenvalue weighted by Crippen LogP contribution is 2.23. The van der Waals surface area contributed by atoms with Crippen molar-refractivity contribution >= 4 is 33.0 Å². The molecule has 0 N–H and O–H groups in total. The summed E-state index contributed by atoms with van der Waals surface area (Å²) < 4.78 is 2.76. The molecular formula is C7H4BrClN2. The minimum atomic E-state index is 0.690. The van der Waals surface area contributed by atoms with E-state index in [2.05, 4.69) is 20.9 Å². The summed E-state index contributed by atoms with van der Waals surface area (Å²) in [5.41, 5.74) is 1.03. The predicted molar refractivity (Wildman–Crippen MR) is 47.9 cm³/mol. The molecule has 2 aromatic heterocycles. The number of hydrogen-bond donors (Lipinski definition) is 0. The fourth-order valence-electron chi connectivity index (χ4n) is 0.917. The van der Waals surface area contributed by atoms with E-state index in [4.69, 9.17) is 11.6 Å². The molecule has 0 fully saturated rings. The molecule has 56 valence electrons. The number of aromatic nitrogens is 2. The van der Waals surface area contributed by atoms with E-state index in [-0.39, 0.29) is 0 Å². The lowest BCUT2D eigenvalue weighted by Gasteiger charge is -1.96. The molecule has 2 rings (SSSR count). The normalized spacial score (nSPS) is 10.7. The van der Waals surface area contributed by atoms with E-state index in [9.17, 15) is 0 Å². The molecule has 0 radical (unpaired) electrons. The Hall–Kier alpha value is -0.540. The van der Waals surface area contributed by atoms with E-state index in [0.717, 1.165) is 9.99 Å². The van der Waals surface area contributed by atoms with E-state index in [1.165, 1.54) is 0 Å². The van der Waals surface area contributed by atoms with Crippen molar-refractivity contribution in [2.45, 2.75) is 0 Å². The third kappa shape index (κ3) is 1.14. The Labute approximate surface area is 76.9 Å². The van der Waals surface area contributed by atoms with E-state index < -0.39 is 0 Å².